The summed E-state index contributed by atoms with van der Waals surface area (Å²) in [7, 11) is 1.61. The van der Waals surface area contributed by atoms with Crippen LogP contribution in [0.1, 0.15) is 5.56 Å². The van der Waals surface area contributed by atoms with Crippen LogP contribution in [0.3, 0.4) is 0 Å². The number of ether oxygens (including phenoxy) is 2. The average Bonchev–Trinajstić information content (AvgIpc) is 2.38. The molecule has 4 heteroatoms. The fourth-order valence-electron chi connectivity index (χ4n) is 1.52. The normalized spacial score (nSPS) is 10.1. The number of nitrogen functional groups attached to an aromatic ring is 1. The van der Waals surface area contributed by atoms with Crippen molar-refractivity contribution in [1.29, 1.82) is 0 Å². The third-order valence-corrected chi connectivity index (χ3v) is 2.51. The molecule has 0 unspecified atom stereocenters. The highest BCUT2D eigenvalue weighted by Crippen LogP contribution is 2.21. The van der Waals surface area contributed by atoms with Gasteiger partial charge < -0.3 is 15.2 Å². The van der Waals surface area contributed by atoms with Gasteiger partial charge in [0.15, 0.2) is 11.6 Å². The molecule has 2 aromatic rings. The van der Waals surface area contributed by atoms with Gasteiger partial charge in [0, 0.05) is 11.8 Å². The molecule has 0 amide bonds. The lowest BCUT2D eigenvalue weighted by molar-refractivity contribution is 0.290. The first kappa shape index (κ1) is 12.2. The highest BCUT2D eigenvalue weighted by Gasteiger charge is 2.04. The summed E-state index contributed by atoms with van der Waals surface area (Å²) >= 11 is 0. The number of hydrogen-bond acceptors (Lipinski definition) is 3. The first-order valence-electron chi connectivity index (χ1n) is 5.50. The van der Waals surface area contributed by atoms with E-state index in [0.717, 1.165) is 11.3 Å². The van der Waals surface area contributed by atoms with E-state index >= 15 is 0 Å². The Morgan fingerprint density at radius 1 is 1.11 bits per heavy atom. The van der Waals surface area contributed by atoms with Crippen LogP contribution in [-0.2, 0) is 6.61 Å². The SMILES string of the molecule is COc1ccc(COc2ccc(N)cc2F)cc1. The molecule has 2 aromatic carbocycles. The Morgan fingerprint density at radius 3 is 2.44 bits per heavy atom. The van der Waals surface area contributed by atoms with Gasteiger partial charge in [-0.25, -0.2) is 4.39 Å². The number of anilines is 1. The largest absolute Gasteiger partial charge is 0.497 e. The van der Waals surface area contributed by atoms with Crippen molar-refractivity contribution in [3.8, 4) is 11.5 Å². The minimum absolute atomic E-state index is 0.194. The Bertz CT molecular complexity index is 526. The minimum Gasteiger partial charge on any atom is -0.497 e. The van der Waals surface area contributed by atoms with Crippen molar-refractivity contribution in [3.05, 3.63) is 53.8 Å². The van der Waals surface area contributed by atoms with E-state index in [1.54, 1.807) is 13.2 Å². The molecule has 0 spiro atoms. The molecule has 0 bridgehead atoms. The van der Waals surface area contributed by atoms with E-state index in [1.807, 2.05) is 24.3 Å². The quantitative estimate of drug-likeness (QED) is 0.845. The maximum atomic E-state index is 13.4. The van der Waals surface area contributed by atoms with Gasteiger partial charge in [0.25, 0.3) is 0 Å². The molecule has 0 saturated heterocycles. The molecular formula is C14H14FNO2. The molecule has 0 aliphatic carbocycles. The lowest BCUT2D eigenvalue weighted by Gasteiger charge is -2.08. The van der Waals surface area contributed by atoms with Gasteiger partial charge in [-0.3, -0.25) is 0 Å². The highest BCUT2D eigenvalue weighted by atomic mass is 19.1. The van der Waals surface area contributed by atoms with Gasteiger partial charge in [-0.05, 0) is 29.8 Å². The predicted octanol–water partition coefficient (Wildman–Crippen LogP) is 3.00. The maximum absolute atomic E-state index is 13.4. The van der Waals surface area contributed by atoms with Gasteiger partial charge in [-0.2, -0.15) is 0 Å². The first-order valence-corrected chi connectivity index (χ1v) is 5.50. The number of halogens is 1. The van der Waals surface area contributed by atoms with Crippen molar-refractivity contribution in [2.45, 2.75) is 6.61 Å². The zero-order valence-corrected chi connectivity index (χ0v) is 10.0. The molecule has 3 nitrogen and oxygen atoms in total. The Morgan fingerprint density at radius 2 is 1.83 bits per heavy atom. The lowest BCUT2D eigenvalue weighted by atomic mass is 10.2. The van der Waals surface area contributed by atoms with Crippen molar-refractivity contribution in [3.63, 3.8) is 0 Å². The van der Waals surface area contributed by atoms with E-state index in [4.69, 9.17) is 15.2 Å². The van der Waals surface area contributed by atoms with Gasteiger partial charge in [0.2, 0.25) is 0 Å². The second kappa shape index (κ2) is 5.40. The Hall–Kier alpha value is -2.23. The van der Waals surface area contributed by atoms with Crippen molar-refractivity contribution in [1.82, 2.24) is 0 Å². The number of rotatable bonds is 4. The molecule has 0 saturated carbocycles. The topological polar surface area (TPSA) is 44.5 Å². The molecule has 2 rings (SSSR count). The molecule has 0 aliphatic heterocycles. The average molecular weight is 247 g/mol. The Labute approximate surface area is 105 Å². The van der Waals surface area contributed by atoms with E-state index in [1.165, 1.54) is 12.1 Å². The third-order valence-electron chi connectivity index (χ3n) is 2.51. The summed E-state index contributed by atoms with van der Waals surface area (Å²) in [5.74, 6) is 0.515. The second-order valence-corrected chi connectivity index (χ2v) is 3.83. The minimum atomic E-state index is -0.455. The van der Waals surface area contributed by atoms with Crippen LogP contribution in [0.4, 0.5) is 10.1 Å². The number of nitrogens with two attached hydrogens (primary N) is 1. The first-order chi connectivity index (χ1) is 8.69. The lowest BCUT2D eigenvalue weighted by Crippen LogP contribution is -1.98. The molecule has 94 valence electrons. The molecule has 0 aromatic heterocycles. The van der Waals surface area contributed by atoms with E-state index in [-0.39, 0.29) is 5.75 Å². The summed E-state index contributed by atoms with van der Waals surface area (Å²) in [5, 5.41) is 0. The van der Waals surface area contributed by atoms with Gasteiger partial charge in [0.1, 0.15) is 12.4 Å². The highest BCUT2D eigenvalue weighted by molar-refractivity contribution is 5.42. The van der Waals surface area contributed by atoms with Crippen LogP contribution in [0.2, 0.25) is 0 Å². The molecule has 0 heterocycles. The maximum Gasteiger partial charge on any atom is 0.167 e. The van der Waals surface area contributed by atoms with E-state index in [2.05, 4.69) is 0 Å². The van der Waals surface area contributed by atoms with Crippen LogP contribution in [0.15, 0.2) is 42.5 Å². The van der Waals surface area contributed by atoms with Crippen LogP contribution in [0.5, 0.6) is 11.5 Å². The molecule has 0 fully saturated rings. The van der Waals surface area contributed by atoms with E-state index in [9.17, 15) is 4.39 Å². The fourth-order valence-corrected chi connectivity index (χ4v) is 1.52. The summed E-state index contributed by atoms with van der Waals surface area (Å²) < 4.78 is 23.9. The summed E-state index contributed by atoms with van der Waals surface area (Å²) in [5.41, 5.74) is 6.77. The number of benzene rings is 2. The summed E-state index contributed by atoms with van der Waals surface area (Å²) in [6.07, 6.45) is 0. The summed E-state index contributed by atoms with van der Waals surface area (Å²) in [6, 6.07) is 11.8. The number of hydrogen-bond donors (Lipinski definition) is 1. The van der Waals surface area contributed by atoms with E-state index in [0.29, 0.717) is 12.3 Å². The molecule has 0 atom stereocenters. The third kappa shape index (κ3) is 2.91. The van der Waals surface area contributed by atoms with Gasteiger partial charge >= 0.3 is 0 Å². The van der Waals surface area contributed by atoms with Crippen LogP contribution < -0.4 is 15.2 Å². The Kier molecular flexibility index (Phi) is 3.67. The van der Waals surface area contributed by atoms with Crippen molar-refractivity contribution < 1.29 is 13.9 Å². The molecule has 0 radical (unpaired) electrons. The monoisotopic (exact) mass is 247 g/mol. The second-order valence-electron chi connectivity index (χ2n) is 3.83. The standard InChI is InChI=1S/C14H14FNO2/c1-17-12-5-2-10(3-6-12)9-18-14-7-4-11(16)8-13(14)15/h2-8H,9,16H2,1H3. The predicted molar refractivity (Wildman–Crippen MR) is 68.1 cm³/mol. The molecule has 0 aliphatic rings. The van der Waals surface area contributed by atoms with Gasteiger partial charge in [-0.1, -0.05) is 12.1 Å². The Balaban J connectivity index is 2.02. The smallest absolute Gasteiger partial charge is 0.167 e. The zero-order valence-electron chi connectivity index (χ0n) is 10.0. The fraction of sp³-hybridized carbons (Fsp3) is 0.143. The van der Waals surface area contributed by atoms with Crippen LogP contribution in [0, 0.1) is 5.82 Å². The molecule has 2 N–H and O–H groups in total. The van der Waals surface area contributed by atoms with Crippen LogP contribution in [0.25, 0.3) is 0 Å². The van der Waals surface area contributed by atoms with Gasteiger partial charge in [-0.15, -0.1) is 0 Å². The molecule has 18 heavy (non-hydrogen) atoms. The summed E-state index contributed by atoms with van der Waals surface area (Å²) in [4.78, 5) is 0. The van der Waals surface area contributed by atoms with Crippen LogP contribution >= 0.6 is 0 Å². The van der Waals surface area contributed by atoms with Crippen molar-refractivity contribution >= 4 is 5.69 Å². The summed E-state index contributed by atoms with van der Waals surface area (Å²) in [6.45, 7) is 0.296. The van der Waals surface area contributed by atoms with Crippen molar-refractivity contribution in [2.24, 2.45) is 0 Å². The molecular weight excluding hydrogens is 233 g/mol. The van der Waals surface area contributed by atoms with Gasteiger partial charge in [0.05, 0.1) is 7.11 Å². The zero-order chi connectivity index (χ0) is 13.0. The van der Waals surface area contributed by atoms with Crippen LogP contribution in [-0.4, -0.2) is 7.11 Å². The van der Waals surface area contributed by atoms with Crippen molar-refractivity contribution in [2.75, 3.05) is 12.8 Å². The number of methoxy groups -OCH3 is 1. The van der Waals surface area contributed by atoms with E-state index < -0.39 is 5.82 Å².